The lowest BCUT2D eigenvalue weighted by Gasteiger charge is -2.30. The number of carboxylic acids is 1. The van der Waals surface area contributed by atoms with Crippen molar-refractivity contribution in [1.82, 2.24) is 5.32 Å². The van der Waals surface area contributed by atoms with Crippen LogP contribution in [0.3, 0.4) is 0 Å². The van der Waals surface area contributed by atoms with Crippen LogP contribution in [0.1, 0.15) is 51.0 Å². The monoisotopic (exact) mass is 387 g/mol. The molecule has 154 valence electrons. The second-order valence-electron chi connectivity index (χ2n) is 8.38. The highest BCUT2D eigenvalue weighted by Gasteiger charge is 2.47. The molecule has 2 fully saturated rings. The Hall–Kier alpha value is -1.69. The molecule has 1 unspecified atom stereocenters. The van der Waals surface area contributed by atoms with Gasteiger partial charge in [-0.3, -0.25) is 4.79 Å². The summed E-state index contributed by atoms with van der Waals surface area (Å²) in [6.07, 6.45) is 9.97. The largest absolute Gasteiger partial charge is 0.481 e. The molecule has 1 aromatic rings. The van der Waals surface area contributed by atoms with E-state index in [1.54, 1.807) is 0 Å². The molecule has 2 aliphatic rings. The highest BCUT2D eigenvalue weighted by atomic mass is 16.5. The molecule has 5 heteroatoms. The van der Waals surface area contributed by atoms with Gasteiger partial charge in [-0.05, 0) is 50.5 Å². The Morgan fingerprint density at radius 1 is 1.21 bits per heavy atom. The fourth-order valence-electron chi connectivity index (χ4n) is 4.60. The zero-order valence-electron chi connectivity index (χ0n) is 16.7. The van der Waals surface area contributed by atoms with Crippen LogP contribution in [0.5, 0.6) is 0 Å². The van der Waals surface area contributed by atoms with Crippen LogP contribution in [-0.2, 0) is 15.1 Å². The lowest BCUT2D eigenvalue weighted by Crippen LogP contribution is -2.41. The molecule has 0 aromatic heterocycles. The minimum atomic E-state index is -0.890. The zero-order valence-corrected chi connectivity index (χ0v) is 16.7. The van der Waals surface area contributed by atoms with E-state index in [0.29, 0.717) is 37.0 Å². The molecule has 5 nitrogen and oxygen atoms in total. The molecular weight excluding hydrogens is 354 g/mol. The molecule has 5 atom stereocenters. The summed E-state index contributed by atoms with van der Waals surface area (Å²) in [6.45, 7) is 3.22. The van der Waals surface area contributed by atoms with E-state index in [2.05, 4.69) is 17.5 Å². The fourth-order valence-corrected chi connectivity index (χ4v) is 4.60. The molecule has 0 spiro atoms. The third-order valence-corrected chi connectivity index (χ3v) is 6.17. The van der Waals surface area contributed by atoms with Crippen molar-refractivity contribution in [2.45, 2.75) is 63.3 Å². The van der Waals surface area contributed by atoms with Gasteiger partial charge >= 0.3 is 5.97 Å². The van der Waals surface area contributed by atoms with Gasteiger partial charge in [-0.1, -0.05) is 42.5 Å². The summed E-state index contributed by atoms with van der Waals surface area (Å²) in [5.74, 6) is 0.241. The number of aliphatic carboxylic acids is 1. The maximum absolute atomic E-state index is 10.8. The molecule has 28 heavy (non-hydrogen) atoms. The van der Waals surface area contributed by atoms with Crippen LogP contribution < -0.4 is 5.32 Å². The Balaban J connectivity index is 1.46. The van der Waals surface area contributed by atoms with E-state index in [4.69, 9.17) is 9.84 Å². The first-order valence-electron chi connectivity index (χ1n) is 10.5. The Labute approximate surface area is 167 Å². The highest BCUT2D eigenvalue weighted by molar-refractivity contribution is 5.66. The quantitative estimate of drug-likeness (QED) is 0.400. The fraction of sp³-hybridized carbons (Fsp3) is 0.609. The maximum atomic E-state index is 10.8. The van der Waals surface area contributed by atoms with Gasteiger partial charge < -0.3 is 20.3 Å². The summed E-state index contributed by atoms with van der Waals surface area (Å²) in [5.41, 5.74) is 0.0340. The second-order valence-corrected chi connectivity index (χ2v) is 8.38. The predicted molar refractivity (Wildman–Crippen MR) is 109 cm³/mol. The molecule has 2 bridgehead atoms. The Bertz CT molecular complexity index is 658. The van der Waals surface area contributed by atoms with E-state index >= 15 is 0 Å². The summed E-state index contributed by atoms with van der Waals surface area (Å²) >= 11 is 0. The van der Waals surface area contributed by atoms with Gasteiger partial charge in [0.05, 0.1) is 17.8 Å². The minimum Gasteiger partial charge on any atom is -0.481 e. The average molecular weight is 388 g/mol. The van der Waals surface area contributed by atoms with Crippen LogP contribution in [0.2, 0.25) is 0 Å². The topological polar surface area (TPSA) is 78.8 Å². The van der Waals surface area contributed by atoms with Crippen molar-refractivity contribution < 1.29 is 19.7 Å². The summed E-state index contributed by atoms with van der Waals surface area (Å²) in [7, 11) is 0. The third-order valence-electron chi connectivity index (χ3n) is 6.17. The van der Waals surface area contributed by atoms with Crippen molar-refractivity contribution in [2.75, 3.05) is 13.1 Å². The van der Waals surface area contributed by atoms with Crippen molar-refractivity contribution in [3.8, 4) is 0 Å². The molecule has 3 N–H and O–H groups in total. The lowest BCUT2D eigenvalue weighted by molar-refractivity contribution is -0.137. The number of unbranched alkanes of at least 4 members (excludes halogenated alkanes) is 1. The Morgan fingerprint density at radius 3 is 2.64 bits per heavy atom. The second kappa shape index (κ2) is 9.68. The van der Waals surface area contributed by atoms with Crippen molar-refractivity contribution in [1.29, 1.82) is 0 Å². The summed E-state index contributed by atoms with van der Waals surface area (Å²) in [4.78, 5) is 10.6. The van der Waals surface area contributed by atoms with E-state index in [-0.39, 0.29) is 6.42 Å². The number of hydrogen-bond acceptors (Lipinski definition) is 4. The van der Waals surface area contributed by atoms with Gasteiger partial charge in [-0.25, -0.2) is 0 Å². The molecule has 0 amide bonds. The number of nitrogens with one attached hydrogen (secondary N) is 1. The van der Waals surface area contributed by atoms with Crippen LogP contribution >= 0.6 is 0 Å². The van der Waals surface area contributed by atoms with Crippen molar-refractivity contribution in [3.63, 3.8) is 0 Å². The normalized spacial score (nSPS) is 28.6. The van der Waals surface area contributed by atoms with Crippen LogP contribution in [0.4, 0.5) is 0 Å². The Morgan fingerprint density at radius 2 is 1.93 bits per heavy atom. The average Bonchev–Trinajstić information content (AvgIpc) is 3.27. The van der Waals surface area contributed by atoms with Gasteiger partial charge in [-0.2, -0.15) is 0 Å². The number of hydrogen-bond donors (Lipinski definition) is 3. The van der Waals surface area contributed by atoms with Crippen LogP contribution in [-0.4, -0.2) is 41.5 Å². The molecule has 1 aromatic carbocycles. The van der Waals surface area contributed by atoms with E-state index in [0.717, 1.165) is 37.8 Å². The first-order valence-corrected chi connectivity index (χ1v) is 10.5. The van der Waals surface area contributed by atoms with Crippen LogP contribution in [0.15, 0.2) is 42.5 Å². The first kappa shape index (κ1) is 21.0. The molecule has 0 saturated carbocycles. The zero-order chi connectivity index (χ0) is 20.0. The minimum absolute atomic E-state index is 0.232. The van der Waals surface area contributed by atoms with Gasteiger partial charge in [0.15, 0.2) is 0 Å². The predicted octanol–water partition coefficient (Wildman–Crippen LogP) is 3.48. The van der Waals surface area contributed by atoms with Gasteiger partial charge in [0.25, 0.3) is 0 Å². The van der Waals surface area contributed by atoms with Crippen molar-refractivity contribution in [3.05, 3.63) is 48.0 Å². The maximum Gasteiger partial charge on any atom is 0.303 e. The summed E-state index contributed by atoms with van der Waals surface area (Å²) in [6, 6.07) is 9.78. The number of rotatable bonds is 11. The van der Waals surface area contributed by atoms with Gasteiger partial charge in [-0.15, -0.1) is 0 Å². The van der Waals surface area contributed by atoms with Gasteiger partial charge in [0.1, 0.15) is 0 Å². The highest BCUT2D eigenvalue weighted by Crippen LogP contribution is 2.45. The molecule has 2 aliphatic heterocycles. The molecule has 3 rings (SSSR count). The third kappa shape index (κ3) is 5.43. The number of aliphatic hydroxyl groups is 1. The number of carboxylic acid groups (broad SMARTS) is 1. The van der Waals surface area contributed by atoms with Gasteiger partial charge in [0, 0.05) is 25.4 Å². The summed E-state index contributed by atoms with van der Waals surface area (Å²) < 4.78 is 6.16. The number of ether oxygens (including phenoxy) is 1. The Kier molecular flexibility index (Phi) is 7.27. The van der Waals surface area contributed by atoms with E-state index in [1.807, 2.05) is 37.3 Å². The molecule has 2 heterocycles. The molecule has 0 radical (unpaired) electrons. The van der Waals surface area contributed by atoms with Crippen LogP contribution in [0.25, 0.3) is 0 Å². The molecule has 0 aliphatic carbocycles. The molecular formula is C23H33NO4. The van der Waals surface area contributed by atoms with Gasteiger partial charge in [0.2, 0.25) is 0 Å². The molecule has 2 saturated heterocycles. The lowest BCUT2D eigenvalue weighted by atomic mass is 9.77. The van der Waals surface area contributed by atoms with E-state index in [1.165, 1.54) is 0 Å². The van der Waals surface area contributed by atoms with Crippen molar-refractivity contribution in [2.24, 2.45) is 11.8 Å². The van der Waals surface area contributed by atoms with E-state index < -0.39 is 11.6 Å². The number of carbonyl (C=O) groups is 1. The van der Waals surface area contributed by atoms with Crippen LogP contribution in [0, 0.1) is 11.8 Å². The van der Waals surface area contributed by atoms with Crippen molar-refractivity contribution >= 4 is 5.97 Å². The van der Waals surface area contributed by atoms with E-state index in [9.17, 15) is 9.90 Å². The first-order chi connectivity index (χ1) is 13.5. The smallest absolute Gasteiger partial charge is 0.303 e. The number of allylic oxidation sites excluding steroid dienone is 2. The summed E-state index contributed by atoms with van der Waals surface area (Å²) in [5, 5.41) is 23.0. The SMILES string of the molecule is CC(O)(CNC[C@@H]1[C@@H](C/C=C\CCCC(=O)O)[C@H]2CC[C@@H]1O2)c1ccccc1. The number of benzene rings is 1. The number of fused-ring (bicyclic) bond motifs is 2. The standard InChI is InChI=1S/C23H33NO4/c1-23(27,17-9-5-4-6-10-17)16-24-15-19-18(20-13-14-21(19)28-20)11-7-2-3-8-12-22(25)26/h2,4-7,9-10,18-21,24,27H,3,8,11-16H2,1H3,(H,25,26)/b7-2-/t18-,19-,20-,21+,23?/m1/s1.